The molecule has 2 N–H and O–H groups in total. The van der Waals surface area contributed by atoms with E-state index in [9.17, 15) is 30.8 Å². The number of ether oxygens (including phenoxy) is 1. The topological polar surface area (TPSA) is 97.4 Å². The van der Waals surface area contributed by atoms with Crippen molar-refractivity contribution in [3.63, 3.8) is 0 Å². The van der Waals surface area contributed by atoms with Gasteiger partial charge in [0.1, 0.15) is 11.6 Å². The minimum atomic E-state index is -4.67. The molecule has 0 atom stereocenters. The minimum Gasteiger partial charge on any atom is -0.484 e. The fourth-order valence-corrected chi connectivity index (χ4v) is 3.96. The van der Waals surface area contributed by atoms with Gasteiger partial charge in [0, 0.05) is 30.7 Å². The zero-order chi connectivity index (χ0) is 24.1. The average molecular weight is 483 g/mol. The van der Waals surface area contributed by atoms with Crippen LogP contribution in [0.25, 0.3) is 0 Å². The average Bonchev–Trinajstić information content (AvgIpc) is 2.76. The summed E-state index contributed by atoms with van der Waals surface area (Å²) in [4.78, 5) is 15.1. The van der Waals surface area contributed by atoms with Crippen molar-refractivity contribution in [3.05, 3.63) is 78.4 Å². The van der Waals surface area contributed by atoms with Gasteiger partial charge in [-0.1, -0.05) is 6.07 Å². The lowest BCUT2D eigenvalue weighted by Crippen LogP contribution is -2.28. The number of amides is 2. The number of alkyl halides is 3. The number of anilines is 1. The SMILES string of the molecule is O=C(NCc1cccnc1)Nc1ccc(S(=O)(=O)c2cc(F)cc(OCC(F)(F)F)c2)cc1. The van der Waals surface area contributed by atoms with E-state index in [1.165, 1.54) is 24.3 Å². The van der Waals surface area contributed by atoms with E-state index in [0.29, 0.717) is 12.1 Å². The Balaban J connectivity index is 1.69. The van der Waals surface area contributed by atoms with Crippen LogP contribution in [0.4, 0.5) is 28.0 Å². The van der Waals surface area contributed by atoms with Crippen molar-refractivity contribution in [3.8, 4) is 5.75 Å². The second-order valence-corrected chi connectivity index (χ2v) is 8.67. The van der Waals surface area contributed by atoms with Gasteiger partial charge in [0.2, 0.25) is 9.84 Å². The highest BCUT2D eigenvalue weighted by atomic mass is 32.2. The Hall–Kier alpha value is -3.67. The summed E-state index contributed by atoms with van der Waals surface area (Å²) in [5.41, 5.74) is 1.06. The number of urea groups is 1. The predicted molar refractivity (Wildman–Crippen MR) is 110 cm³/mol. The Labute approximate surface area is 186 Å². The molecule has 0 aliphatic carbocycles. The molecule has 3 rings (SSSR count). The lowest BCUT2D eigenvalue weighted by Gasteiger charge is -2.12. The molecule has 0 aliphatic rings. The highest BCUT2D eigenvalue weighted by Crippen LogP contribution is 2.28. The number of carbonyl (C=O) groups excluding carboxylic acids is 1. The Morgan fingerprint density at radius 3 is 2.39 bits per heavy atom. The van der Waals surface area contributed by atoms with Crippen LogP contribution >= 0.6 is 0 Å². The second-order valence-electron chi connectivity index (χ2n) is 6.72. The summed E-state index contributed by atoms with van der Waals surface area (Å²) in [5, 5.41) is 5.14. The molecule has 0 fully saturated rings. The van der Waals surface area contributed by atoms with Crippen molar-refractivity contribution in [1.29, 1.82) is 0 Å². The molecule has 2 aromatic carbocycles. The van der Waals surface area contributed by atoms with Gasteiger partial charge in [-0.05, 0) is 48.0 Å². The van der Waals surface area contributed by atoms with E-state index in [2.05, 4.69) is 20.4 Å². The number of aromatic nitrogens is 1. The van der Waals surface area contributed by atoms with Gasteiger partial charge in [-0.25, -0.2) is 17.6 Å². The van der Waals surface area contributed by atoms with Gasteiger partial charge in [-0.2, -0.15) is 13.2 Å². The Bertz CT molecular complexity index is 1220. The molecule has 1 heterocycles. The first-order valence-corrected chi connectivity index (χ1v) is 10.8. The number of hydrogen-bond acceptors (Lipinski definition) is 5. The number of benzene rings is 2. The van der Waals surface area contributed by atoms with Gasteiger partial charge in [0.05, 0.1) is 9.79 Å². The van der Waals surface area contributed by atoms with Gasteiger partial charge >= 0.3 is 12.2 Å². The maximum absolute atomic E-state index is 13.8. The first-order valence-electron chi connectivity index (χ1n) is 9.32. The minimum absolute atomic E-state index is 0.227. The molecular formula is C21H17F4N3O4S. The number of halogens is 4. The van der Waals surface area contributed by atoms with Crippen LogP contribution in [-0.2, 0) is 16.4 Å². The Kier molecular flexibility index (Phi) is 7.16. The first kappa shape index (κ1) is 24.0. The molecule has 33 heavy (non-hydrogen) atoms. The fraction of sp³-hybridized carbons (Fsp3) is 0.143. The number of rotatable bonds is 7. The molecule has 0 spiro atoms. The molecular weight excluding hydrogens is 466 g/mol. The maximum atomic E-state index is 13.8. The van der Waals surface area contributed by atoms with E-state index < -0.39 is 45.1 Å². The van der Waals surface area contributed by atoms with Crippen LogP contribution < -0.4 is 15.4 Å². The van der Waals surface area contributed by atoms with E-state index in [4.69, 9.17) is 0 Å². The zero-order valence-corrected chi connectivity index (χ0v) is 17.6. The number of nitrogens with one attached hydrogen (secondary N) is 2. The third-order valence-electron chi connectivity index (χ3n) is 4.16. The van der Waals surface area contributed by atoms with Crippen molar-refractivity contribution in [2.45, 2.75) is 22.5 Å². The van der Waals surface area contributed by atoms with Gasteiger partial charge < -0.3 is 15.4 Å². The Morgan fingerprint density at radius 2 is 1.76 bits per heavy atom. The van der Waals surface area contributed by atoms with E-state index >= 15 is 0 Å². The van der Waals surface area contributed by atoms with Crippen LogP contribution in [0.15, 0.2) is 76.8 Å². The lowest BCUT2D eigenvalue weighted by molar-refractivity contribution is -0.153. The van der Waals surface area contributed by atoms with Crippen molar-refractivity contribution in [2.75, 3.05) is 11.9 Å². The van der Waals surface area contributed by atoms with E-state index in [1.54, 1.807) is 24.5 Å². The van der Waals surface area contributed by atoms with Gasteiger partial charge in [0.25, 0.3) is 0 Å². The molecule has 12 heteroatoms. The van der Waals surface area contributed by atoms with Gasteiger partial charge in [-0.15, -0.1) is 0 Å². The third-order valence-corrected chi connectivity index (χ3v) is 5.91. The highest BCUT2D eigenvalue weighted by molar-refractivity contribution is 7.91. The lowest BCUT2D eigenvalue weighted by atomic mass is 10.3. The van der Waals surface area contributed by atoms with Crippen LogP contribution in [-0.4, -0.2) is 32.2 Å². The summed E-state index contributed by atoms with van der Waals surface area (Å²) in [7, 11) is -4.27. The van der Waals surface area contributed by atoms with Crippen molar-refractivity contribution >= 4 is 21.6 Å². The highest BCUT2D eigenvalue weighted by Gasteiger charge is 2.29. The van der Waals surface area contributed by atoms with Crippen LogP contribution in [0.2, 0.25) is 0 Å². The monoisotopic (exact) mass is 483 g/mol. The molecule has 174 valence electrons. The fourth-order valence-electron chi connectivity index (χ4n) is 2.65. The zero-order valence-electron chi connectivity index (χ0n) is 16.8. The molecule has 0 saturated carbocycles. The number of sulfone groups is 1. The molecule has 1 aromatic heterocycles. The molecule has 0 aliphatic heterocycles. The molecule has 0 bridgehead atoms. The number of hydrogen-bond donors (Lipinski definition) is 2. The molecule has 0 radical (unpaired) electrons. The van der Waals surface area contributed by atoms with E-state index in [1.807, 2.05) is 0 Å². The number of pyridine rings is 1. The second kappa shape index (κ2) is 9.86. The molecule has 3 aromatic rings. The quantitative estimate of drug-likeness (QED) is 0.488. The molecule has 0 unspecified atom stereocenters. The molecule has 7 nitrogen and oxygen atoms in total. The number of nitrogens with zero attached hydrogens (tertiary/aromatic N) is 1. The largest absolute Gasteiger partial charge is 0.484 e. The summed E-state index contributed by atoms with van der Waals surface area (Å²) >= 11 is 0. The first-order chi connectivity index (χ1) is 15.5. The summed E-state index contributed by atoms with van der Waals surface area (Å²) in [5.74, 6) is -1.65. The predicted octanol–water partition coefficient (Wildman–Crippen LogP) is 4.32. The standard InChI is InChI=1S/C21H17F4N3O4S/c22-15-8-17(32-13-21(23,24)25)10-19(9-15)33(30,31)18-5-3-16(4-6-18)28-20(29)27-12-14-2-1-7-26-11-14/h1-11H,12-13H2,(H2,27,28,29). The van der Waals surface area contributed by atoms with Crippen molar-refractivity contribution in [1.82, 2.24) is 10.3 Å². The summed E-state index contributed by atoms with van der Waals surface area (Å²) < 4.78 is 80.8. The van der Waals surface area contributed by atoms with Crippen molar-refractivity contribution in [2.24, 2.45) is 0 Å². The van der Waals surface area contributed by atoms with Gasteiger partial charge in [0.15, 0.2) is 6.61 Å². The summed E-state index contributed by atoms with van der Waals surface area (Å²) in [6, 6.07) is 10.1. The normalized spacial score (nSPS) is 11.6. The Morgan fingerprint density at radius 1 is 1.03 bits per heavy atom. The van der Waals surface area contributed by atoms with Crippen molar-refractivity contribution < 1.29 is 35.5 Å². The molecule has 0 saturated heterocycles. The van der Waals surface area contributed by atoms with Crippen LogP contribution in [0.5, 0.6) is 5.75 Å². The van der Waals surface area contributed by atoms with E-state index in [0.717, 1.165) is 11.6 Å². The van der Waals surface area contributed by atoms with Gasteiger partial charge in [-0.3, -0.25) is 4.98 Å². The van der Waals surface area contributed by atoms with Crippen LogP contribution in [0.1, 0.15) is 5.56 Å². The van der Waals surface area contributed by atoms with E-state index in [-0.39, 0.29) is 17.1 Å². The van der Waals surface area contributed by atoms with Crippen LogP contribution in [0.3, 0.4) is 0 Å². The number of carbonyl (C=O) groups is 1. The summed E-state index contributed by atoms with van der Waals surface area (Å²) in [6.45, 7) is -1.47. The maximum Gasteiger partial charge on any atom is 0.422 e. The third kappa shape index (κ3) is 6.91. The smallest absolute Gasteiger partial charge is 0.422 e. The summed E-state index contributed by atoms with van der Waals surface area (Å²) in [6.07, 6.45) is -1.48. The molecule has 2 amide bonds. The van der Waals surface area contributed by atoms with Crippen LogP contribution in [0, 0.1) is 5.82 Å².